The first-order valence-corrected chi connectivity index (χ1v) is 14.6. The minimum Gasteiger partial charge on any atom is -0.359 e. The molecule has 4 aromatic rings. The van der Waals surface area contributed by atoms with Gasteiger partial charge in [-0.2, -0.15) is 9.89 Å². The van der Waals surface area contributed by atoms with Crippen LogP contribution in [0.5, 0.6) is 0 Å². The fourth-order valence-electron chi connectivity index (χ4n) is 5.88. The Balaban J connectivity index is 1.24. The summed E-state index contributed by atoms with van der Waals surface area (Å²) in [5.41, 5.74) is 3.72. The van der Waals surface area contributed by atoms with Crippen LogP contribution in [0.2, 0.25) is 0 Å². The quantitative estimate of drug-likeness (QED) is 0.328. The van der Waals surface area contributed by atoms with E-state index >= 15 is 0 Å². The molecule has 2 atom stereocenters. The van der Waals surface area contributed by atoms with E-state index < -0.39 is 11.6 Å². The molecule has 3 aromatic carbocycles. The third-order valence-electron chi connectivity index (χ3n) is 7.92. The predicted octanol–water partition coefficient (Wildman–Crippen LogP) is 4.87. The van der Waals surface area contributed by atoms with Gasteiger partial charge in [0.25, 0.3) is 5.91 Å². The fourth-order valence-corrected chi connectivity index (χ4v) is 5.88. The van der Waals surface area contributed by atoms with Crippen molar-refractivity contribution in [3.8, 4) is 0 Å². The van der Waals surface area contributed by atoms with Gasteiger partial charge >= 0.3 is 0 Å². The number of hydrogen-bond donors (Lipinski definition) is 2. The summed E-state index contributed by atoms with van der Waals surface area (Å²) < 4.78 is 33.3. The van der Waals surface area contributed by atoms with Crippen molar-refractivity contribution in [1.29, 1.82) is 0 Å². The first kappa shape index (κ1) is 28.1. The molecule has 2 unspecified atom stereocenters. The number of ether oxygens (including phenoxy) is 1. The van der Waals surface area contributed by atoms with Crippen LogP contribution in [0.4, 0.5) is 14.5 Å². The van der Waals surface area contributed by atoms with Gasteiger partial charge in [-0.25, -0.2) is 8.78 Å². The Labute approximate surface area is 244 Å². The Kier molecular flexibility index (Phi) is 8.34. The van der Waals surface area contributed by atoms with E-state index in [1.54, 1.807) is 6.20 Å². The number of anilines is 1. The second-order valence-electron chi connectivity index (χ2n) is 11.2. The highest BCUT2D eigenvalue weighted by Crippen LogP contribution is 2.23. The van der Waals surface area contributed by atoms with Crippen molar-refractivity contribution in [3.05, 3.63) is 95.2 Å². The van der Waals surface area contributed by atoms with E-state index in [9.17, 15) is 13.6 Å². The second-order valence-corrected chi connectivity index (χ2v) is 11.2. The van der Waals surface area contributed by atoms with Gasteiger partial charge in [-0.3, -0.25) is 9.80 Å². The predicted molar refractivity (Wildman–Crippen MR) is 159 cm³/mol. The zero-order valence-corrected chi connectivity index (χ0v) is 23.7. The van der Waals surface area contributed by atoms with Gasteiger partial charge in [-0.05, 0) is 93.2 Å². The zero-order chi connectivity index (χ0) is 29.1. The van der Waals surface area contributed by atoms with Crippen molar-refractivity contribution >= 4 is 22.5 Å². The van der Waals surface area contributed by atoms with E-state index in [1.807, 2.05) is 47.3 Å². The van der Waals surface area contributed by atoms with Gasteiger partial charge in [-0.15, -0.1) is 0 Å². The number of carbonyl (C=O) groups excluding carboxylic acids is 1. The maximum Gasteiger partial charge on any atom is 0.255 e. The third kappa shape index (κ3) is 6.39. The summed E-state index contributed by atoms with van der Waals surface area (Å²) in [5, 5.41) is 14.4. The van der Waals surface area contributed by atoms with E-state index in [4.69, 9.17) is 9.84 Å². The van der Waals surface area contributed by atoms with Gasteiger partial charge in [0, 0.05) is 36.8 Å². The molecule has 0 aliphatic carbocycles. The smallest absolute Gasteiger partial charge is 0.255 e. The van der Waals surface area contributed by atoms with Crippen molar-refractivity contribution in [3.63, 3.8) is 0 Å². The van der Waals surface area contributed by atoms with Gasteiger partial charge in [-0.1, -0.05) is 18.2 Å². The molecule has 0 spiro atoms. The van der Waals surface area contributed by atoms with Gasteiger partial charge in [0.1, 0.15) is 24.0 Å². The summed E-state index contributed by atoms with van der Waals surface area (Å²) in [5.74, 6) is -1.34. The van der Waals surface area contributed by atoms with Crippen LogP contribution in [0.15, 0.2) is 66.9 Å². The first-order valence-electron chi connectivity index (χ1n) is 14.6. The summed E-state index contributed by atoms with van der Waals surface area (Å²) in [6.07, 6.45) is 5.73. The average molecular weight is 575 g/mol. The summed E-state index contributed by atoms with van der Waals surface area (Å²) in [4.78, 5) is 17.8. The number of likely N-dealkylation sites (N-methyl/N-ethyl adjacent to an activating group) is 1. The van der Waals surface area contributed by atoms with Crippen LogP contribution in [0.3, 0.4) is 0 Å². The summed E-state index contributed by atoms with van der Waals surface area (Å²) in [6.45, 7) is 2.94. The van der Waals surface area contributed by atoms with Crippen LogP contribution < -0.4 is 15.6 Å². The van der Waals surface area contributed by atoms with Crippen LogP contribution in [-0.2, 0) is 11.2 Å². The maximum atomic E-state index is 13.7. The van der Waals surface area contributed by atoms with Crippen LogP contribution >= 0.6 is 0 Å². The molecule has 0 radical (unpaired) electrons. The summed E-state index contributed by atoms with van der Waals surface area (Å²) >= 11 is 0. The molecule has 3 heterocycles. The molecule has 8 nitrogen and oxygen atoms in total. The van der Waals surface area contributed by atoms with Crippen molar-refractivity contribution < 1.29 is 18.3 Å². The number of amides is 1. The number of nitrogens with zero attached hydrogens (tertiary/aromatic N) is 4. The monoisotopic (exact) mass is 574 g/mol. The molecule has 2 aliphatic rings. The van der Waals surface area contributed by atoms with Crippen LogP contribution in [0.1, 0.15) is 47.2 Å². The maximum absolute atomic E-state index is 13.7. The number of para-hydroxylation sites is 1. The average Bonchev–Trinajstić information content (AvgIpc) is 3.29. The number of rotatable bonds is 7. The molecule has 1 aromatic heterocycles. The SMILES string of the molecule is CN1CCCN(n2ncc3cc(Cc4cc(F)cc(F)c4)ccc32)C(NC(=O)c2ccccc2NC2CCCCO2)C1. The largest absolute Gasteiger partial charge is 0.359 e. The molecule has 2 saturated heterocycles. The molecular formula is C32H36F2N6O2. The van der Waals surface area contributed by atoms with E-state index in [2.05, 4.69) is 27.6 Å². The Morgan fingerprint density at radius 2 is 1.83 bits per heavy atom. The van der Waals surface area contributed by atoms with Gasteiger partial charge in [0.15, 0.2) is 0 Å². The van der Waals surface area contributed by atoms with E-state index in [0.717, 1.165) is 67.1 Å². The molecule has 10 heteroatoms. The Morgan fingerprint density at radius 1 is 1.00 bits per heavy atom. The van der Waals surface area contributed by atoms with Gasteiger partial charge in [0.2, 0.25) is 0 Å². The fraction of sp³-hybridized carbons (Fsp3) is 0.375. The summed E-state index contributed by atoms with van der Waals surface area (Å²) in [6, 6.07) is 17.1. The number of carbonyl (C=O) groups is 1. The lowest BCUT2D eigenvalue weighted by Crippen LogP contribution is -2.56. The number of nitrogens with one attached hydrogen (secondary N) is 2. The third-order valence-corrected chi connectivity index (χ3v) is 7.92. The molecule has 0 saturated carbocycles. The Hall–Kier alpha value is -4.02. The molecule has 2 N–H and O–H groups in total. The highest BCUT2D eigenvalue weighted by atomic mass is 19.1. The lowest BCUT2D eigenvalue weighted by molar-refractivity contribution is 0.0343. The highest BCUT2D eigenvalue weighted by Gasteiger charge is 2.28. The number of benzene rings is 3. The summed E-state index contributed by atoms with van der Waals surface area (Å²) in [7, 11) is 2.06. The lowest BCUT2D eigenvalue weighted by atomic mass is 10.0. The Bertz CT molecular complexity index is 1530. The van der Waals surface area contributed by atoms with Crippen LogP contribution in [0, 0.1) is 11.6 Å². The molecule has 220 valence electrons. The van der Waals surface area contributed by atoms with Crippen molar-refractivity contribution in [1.82, 2.24) is 20.1 Å². The molecular weight excluding hydrogens is 538 g/mol. The van der Waals surface area contributed by atoms with Crippen molar-refractivity contribution in [2.45, 2.75) is 44.5 Å². The molecule has 0 bridgehead atoms. The number of fused-ring (bicyclic) bond motifs is 1. The standard InChI is InChI=1S/C32H36F2N6O2/c1-38-12-6-13-39(30(21-38)37-32(41)27-7-2-3-8-28(27)36-31-9-4-5-14-42-31)40-29-11-10-22(16-24(29)20-35-40)15-23-17-25(33)19-26(34)18-23/h2-3,7-8,10-11,16-20,30-31,36H,4-6,9,12-15,21H2,1H3,(H,37,41). The normalized spacial score (nSPS) is 19.9. The van der Waals surface area contributed by atoms with Crippen molar-refractivity contribution in [2.75, 3.05) is 43.6 Å². The highest BCUT2D eigenvalue weighted by molar-refractivity contribution is 5.99. The lowest BCUT2D eigenvalue weighted by Gasteiger charge is -2.33. The minimum atomic E-state index is -0.584. The number of aromatic nitrogens is 2. The molecule has 2 aliphatic heterocycles. The topological polar surface area (TPSA) is 74.7 Å². The molecule has 2 fully saturated rings. The minimum absolute atomic E-state index is 0.103. The molecule has 6 rings (SSSR count). The molecule has 1 amide bonds. The number of halogens is 2. The zero-order valence-electron chi connectivity index (χ0n) is 23.7. The first-order chi connectivity index (χ1) is 20.4. The van der Waals surface area contributed by atoms with Crippen LogP contribution in [0.25, 0.3) is 10.9 Å². The second kappa shape index (κ2) is 12.5. The van der Waals surface area contributed by atoms with Crippen LogP contribution in [-0.4, -0.2) is 66.4 Å². The van der Waals surface area contributed by atoms with E-state index in [0.29, 0.717) is 30.6 Å². The number of hydrogen-bond acceptors (Lipinski definition) is 6. The van der Waals surface area contributed by atoms with Crippen molar-refractivity contribution in [2.24, 2.45) is 0 Å². The van der Waals surface area contributed by atoms with Gasteiger partial charge in [0.05, 0.1) is 17.3 Å². The van der Waals surface area contributed by atoms with Gasteiger partial charge < -0.3 is 20.3 Å². The van der Waals surface area contributed by atoms with E-state index in [-0.39, 0.29) is 18.3 Å². The molecule has 42 heavy (non-hydrogen) atoms. The Morgan fingerprint density at radius 3 is 2.64 bits per heavy atom. The van der Waals surface area contributed by atoms with E-state index in [1.165, 1.54) is 12.1 Å².